The molecule has 0 saturated heterocycles. The number of hydrogen-bond acceptors (Lipinski definition) is 6. The first-order valence-electron chi connectivity index (χ1n) is 13.9. The molecular formula is C34H30FNO7S. The van der Waals surface area contributed by atoms with Crippen molar-refractivity contribution in [3.63, 3.8) is 0 Å². The molecule has 2 amide bonds. The summed E-state index contributed by atoms with van der Waals surface area (Å²) in [7, 11) is -4.09. The van der Waals surface area contributed by atoms with E-state index in [2.05, 4.69) is 0 Å². The van der Waals surface area contributed by atoms with Crippen LogP contribution in [0.25, 0.3) is 11.1 Å². The molecule has 10 heteroatoms. The standard InChI is InChI=1S/C34H30FNO7S/c35-28-16-12-24(13-17-28)30-31(25-14-18-29(19-15-25)43-22-7-23-44(40,41)42)33(38)36(32(30)37)21-20-34(39,26-8-3-1-4-9-26)27-10-5-2-6-11-27/h1-6,8-19,39H,7,20-23H2,(H,40,41,42). The molecular weight excluding hydrogens is 585 g/mol. The summed E-state index contributed by atoms with van der Waals surface area (Å²) in [5, 5.41) is 12.0. The number of aliphatic hydroxyl groups is 1. The number of ether oxygens (including phenoxy) is 1. The van der Waals surface area contributed by atoms with Gasteiger partial charge in [-0.15, -0.1) is 0 Å². The first-order valence-corrected chi connectivity index (χ1v) is 15.6. The van der Waals surface area contributed by atoms with Gasteiger partial charge in [0.2, 0.25) is 0 Å². The third-order valence-corrected chi connectivity index (χ3v) is 8.26. The number of halogens is 1. The van der Waals surface area contributed by atoms with Crippen LogP contribution in [0.3, 0.4) is 0 Å². The summed E-state index contributed by atoms with van der Waals surface area (Å²) in [6, 6.07) is 29.8. The number of benzene rings is 4. The molecule has 0 aromatic heterocycles. The quantitative estimate of drug-likeness (QED) is 0.129. The zero-order valence-corrected chi connectivity index (χ0v) is 24.4. The molecule has 0 spiro atoms. The Hall–Kier alpha value is -4.64. The van der Waals surface area contributed by atoms with E-state index in [0.717, 1.165) is 4.90 Å². The minimum Gasteiger partial charge on any atom is -0.494 e. The molecule has 1 heterocycles. The lowest BCUT2D eigenvalue weighted by molar-refractivity contribution is -0.136. The van der Waals surface area contributed by atoms with Gasteiger partial charge in [0.15, 0.2) is 0 Å². The van der Waals surface area contributed by atoms with Gasteiger partial charge in [-0.3, -0.25) is 19.0 Å². The van der Waals surface area contributed by atoms with Gasteiger partial charge in [-0.05, 0) is 52.9 Å². The van der Waals surface area contributed by atoms with Gasteiger partial charge >= 0.3 is 0 Å². The van der Waals surface area contributed by atoms with E-state index in [-0.39, 0.29) is 37.1 Å². The lowest BCUT2D eigenvalue weighted by Gasteiger charge is -2.31. The fraction of sp³-hybridized carbons (Fsp3) is 0.176. The molecule has 0 unspecified atom stereocenters. The number of amides is 2. The average Bonchev–Trinajstić information content (AvgIpc) is 3.28. The summed E-state index contributed by atoms with van der Waals surface area (Å²) in [6.45, 7) is -0.0549. The van der Waals surface area contributed by atoms with E-state index < -0.39 is 39.1 Å². The summed E-state index contributed by atoms with van der Waals surface area (Å²) in [5.74, 6) is -1.65. The summed E-state index contributed by atoms with van der Waals surface area (Å²) in [4.78, 5) is 28.9. The molecule has 44 heavy (non-hydrogen) atoms. The molecule has 0 saturated carbocycles. The van der Waals surface area contributed by atoms with Gasteiger partial charge in [-0.2, -0.15) is 8.42 Å². The largest absolute Gasteiger partial charge is 0.494 e. The van der Waals surface area contributed by atoms with Crippen molar-refractivity contribution in [2.45, 2.75) is 18.4 Å². The summed E-state index contributed by atoms with van der Waals surface area (Å²) >= 11 is 0. The van der Waals surface area contributed by atoms with E-state index >= 15 is 0 Å². The van der Waals surface area contributed by atoms with Crippen LogP contribution < -0.4 is 4.74 Å². The maximum Gasteiger partial charge on any atom is 0.264 e. The normalized spacial score (nSPS) is 13.9. The van der Waals surface area contributed by atoms with Crippen molar-refractivity contribution >= 4 is 33.1 Å². The smallest absolute Gasteiger partial charge is 0.264 e. The van der Waals surface area contributed by atoms with Gasteiger partial charge in [-0.25, -0.2) is 4.39 Å². The molecule has 4 aromatic carbocycles. The van der Waals surface area contributed by atoms with E-state index in [9.17, 15) is 27.5 Å². The van der Waals surface area contributed by atoms with Crippen LogP contribution in [0.4, 0.5) is 4.39 Å². The van der Waals surface area contributed by atoms with Crippen LogP contribution in [0.5, 0.6) is 5.75 Å². The summed E-state index contributed by atoms with van der Waals surface area (Å²) < 4.78 is 50.1. The second kappa shape index (κ2) is 12.9. The Balaban J connectivity index is 1.44. The molecule has 0 radical (unpaired) electrons. The Kier molecular flexibility index (Phi) is 9.05. The molecule has 4 aromatic rings. The number of hydrogen-bond donors (Lipinski definition) is 2. The minimum atomic E-state index is -4.09. The first kappa shape index (κ1) is 30.8. The van der Waals surface area contributed by atoms with Crippen LogP contribution in [-0.4, -0.2) is 53.7 Å². The molecule has 0 aliphatic carbocycles. The van der Waals surface area contributed by atoms with E-state index in [1.54, 1.807) is 48.5 Å². The van der Waals surface area contributed by atoms with Crippen LogP contribution in [0.2, 0.25) is 0 Å². The Morgan fingerprint density at radius 2 is 1.20 bits per heavy atom. The van der Waals surface area contributed by atoms with Crippen LogP contribution in [-0.2, 0) is 25.3 Å². The number of nitrogens with zero attached hydrogens (tertiary/aromatic N) is 1. The molecule has 0 bridgehead atoms. The zero-order valence-electron chi connectivity index (χ0n) is 23.6. The molecule has 1 aliphatic rings. The van der Waals surface area contributed by atoms with Crippen LogP contribution in [0, 0.1) is 5.82 Å². The van der Waals surface area contributed by atoms with Crippen molar-refractivity contribution < 1.29 is 36.8 Å². The Bertz CT molecular complexity index is 1730. The fourth-order valence-corrected chi connectivity index (χ4v) is 5.72. The molecule has 226 valence electrons. The highest BCUT2D eigenvalue weighted by atomic mass is 32.2. The van der Waals surface area contributed by atoms with Crippen LogP contribution in [0.1, 0.15) is 35.1 Å². The Labute approximate surface area is 254 Å². The van der Waals surface area contributed by atoms with Crippen molar-refractivity contribution in [1.82, 2.24) is 4.90 Å². The number of imide groups is 1. The SMILES string of the molecule is O=C1C(c2ccc(F)cc2)=C(c2ccc(OCCCS(=O)(=O)O)cc2)C(=O)N1CCC(O)(c1ccccc1)c1ccccc1. The number of carbonyl (C=O) groups excluding carboxylic acids is 2. The molecule has 0 atom stereocenters. The predicted molar refractivity (Wildman–Crippen MR) is 163 cm³/mol. The third-order valence-electron chi connectivity index (χ3n) is 7.46. The monoisotopic (exact) mass is 615 g/mol. The van der Waals surface area contributed by atoms with Gasteiger partial charge in [0.1, 0.15) is 17.2 Å². The van der Waals surface area contributed by atoms with E-state index in [4.69, 9.17) is 9.29 Å². The zero-order chi connectivity index (χ0) is 31.3. The number of carbonyl (C=O) groups is 2. The van der Waals surface area contributed by atoms with Gasteiger partial charge in [-0.1, -0.05) is 84.9 Å². The maximum atomic E-state index is 13.9. The maximum absolute atomic E-state index is 13.9. The van der Waals surface area contributed by atoms with Crippen LogP contribution >= 0.6 is 0 Å². The van der Waals surface area contributed by atoms with Crippen molar-refractivity contribution in [2.75, 3.05) is 18.9 Å². The van der Waals surface area contributed by atoms with Gasteiger partial charge in [0.05, 0.1) is 23.5 Å². The van der Waals surface area contributed by atoms with Crippen LogP contribution in [0.15, 0.2) is 109 Å². The van der Waals surface area contributed by atoms with E-state index in [1.807, 2.05) is 36.4 Å². The van der Waals surface area contributed by atoms with Gasteiger partial charge in [0.25, 0.3) is 21.9 Å². The minimum absolute atomic E-state index is 0.0266. The molecule has 5 rings (SSSR count). The molecule has 8 nitrogen and oxygen atoms in total. The van der Waals surface area contributed by atoms with Crippen molar-refractivity contribution in [3.8, 4) is 5.75 Å². The molecule has 0 fully saturated rings. The summed E-state index contributed by atoms with van der Waals surface area (Å²) in [6.07, 6.45) is 0.111. The molecule has 2 N–H and O–H groups in total. The highest BCUT2D eigenvalue weighted by molar-refractivity contribution is 7.85. The number of rotatable bonds is 12. The molecule has 1 aliphatic heterocycles. The van der Waals surface area contributed by atoms with Gasteiger partial charge in [0, 0.05) is 13.0 Å². The first-order chi connectivity index (χ1) is 21.1. The van der Waals surface area contributed by atoms with Gasteiger partial charge < -0.3 is 9.84 Å². The van der Waals surface area contributed by atoms with E-state index in [0.29, 0.717) is 28.0 Å². The van der Waals surface area contributed by atoms with E-state index in [1.165, 1.54) is 24.3 Å². The summed E-state index contributed by atoms with van der Waals surface area (Å²) in [5.41, 5.74) is 0.776. The van der Waals surface area contributed by atoms with Crippen molar-refractivity contribution in [1.29, 1.82) is 0 Å². The fourth-order valence-electron chi connectivity index (χ4n) is 5.24. The topological polar surface area (TPSA) is 121 Å². The highest BCUT2D eigenvalue weighted by Crippen LogP contribution is 2.39. The lowest BCUT2D eigenvalue weighted by atomic mass is 9.83. The van der Waals surface area contributed by atoms with Crippen molar-refractivity contribution in [2.24, 2.45) is 0 Å². The highest BCUT2D eigenvalue weighted by Gasteiger charge is 2.41. The third kappa shape index (κ3) is 6.78. The van der Waals surface area contributed by atoms with Crippen molar-refractivity contribution in [3.05, 3.63) is 137 Å². The second-order valence-corrected chi connectivity index (χ2v) is 11.9. The predicted octanol–water partition coefficient (Wildman–Crippen LogP) is 5.09. The Morgan fingerprint density at radius 3 is 1.68 bits per heavy atom. The lowest BCUT2D eigenvalue weighted by Crippen LogP contribution is -2.38. The second-order valence-electron chi connectivity index (χ2n) is 10.4. The Morgan fingerprint density at radius 1 is 0.727 bits per heavy atom. The average molecular weight is 616 g/mol.